The van der Waals surface area contributed by atoms with Crippen molar-refractivity contribution in [3.05, 3.63) is 76.4 Å². The van der Waals surface area contributed by atoms with Crippen LogP contribution in [-0.4, -0.2) is 22.3 Å². The van der Waals surface area contributed by atoms with Crippen LogP contribution in [0.5, 0.6) is 5.75 Å². The van der Waals surface area contributed by atoms with Crippen molar-refractivity contribution in [2.45, 2.75) is 20.4 Å². The highest BCUT2D eigenvalue weighted by molar-refractivity contribution is 6.31. The fourth-order valence-corrected chi connectivity index (χ4v) is 2.70. The van der Waals surface area contributed by atoms with Crippen molar-refractivity contribution in [3.63, 3.8) is 0 Å². The lowest BCUT2D eigenvalue weighted by Crippen LogP contribution is -2.22. The average molecular weight is 370 g/mol. The summed E-state index contributed by atoms with van der Waals surface area (Å²) >= 11 is 6.22. The third-order valence-electron chi connectivity index (χ3n) is 3.95. The molecule has 0 saturated carbocycles. The zero-order valence-corrected chi connectivity index (χ0v) is 15.5. The monoisotopic (exact) mass is 369 g/mol. The predicted octanol–water partition coefficient (Wildman–Crippen LogP) is 4.22. The van der Waals surface area contributed by atoms with Gasteiger partial charge in [0, 0.05) is 10.6 Å². The van der Waals surface area contributed by atoms with Gasteiger partial charge < -0.3 is 10.1 Å². The molecule has 6 heteroatoms. The van der Waals surface area contributed by atoms with Gasteiger partial charge in [0.25, 0.3) is 5.91 Å². The molecule has 26 heavy (non-hydrogen) atoms. The minimum Gasteiger partial charge on any atom is -0.484 e. The number of carbonyl (C=O) groups is 1. The van der Waals surface area contributed by atoms with Gasteiger partial charge in [-0.3, -0.25) is 4.79 Å². The van der Waals surface area contributed by atoms with Gasteiger partial charge in [0.05, 0.1) is 12.7 Å². The van der Waals surface area contributed by atoms with Gasteiger partial charge in [-0.2, -0.15) is 5.10 Å². The lowest BCUT2D eigenvalue weighted by Gasteiger charge is -2.12. The largest absolute Gasteiger partial charge is 0.484 e. The Morgan fingerprint density at radius 1 is 1.15 bits per heavy atom. The number of nitrogens with zero attached hydrogens (tertiary/aromatic N) is 2. The van der Waals surface area contributed by atoms with E-state index in [1.165, 1.54) is 0 Å². The van der Waals surface area contributed by atoms with Crippen molar-refractivity contribution in [2.75, 3.05) is 11.9 Å². The lowest BCUT2D eigenvalue weighted by molar-refractivity contribution is -0.118. The van der Waals surface area contributed by atoms with E-state index in [4.69, 9.17) is 16.3 Å². The molecule has 1 amide bonds. The number of ether oxygens (including phenoxy) is 1. The Morgan fingerprint density at radius 2 is 1.88 bits per heavy atom. The molecule has 1 aromatic heterocycles. The highest BCUT2D eigenvalue weighted by Gasteiger charge is 2.13. The molecule has 3 rings (SSSR count). The molecule has 1 N–H and O–H groups in total. The molecule has 0 atom stereocenters. The van der Waals surface area contributed by atoms with E-state index in [1.807, 2.05) is 62.4 Å². The van der Waals surface area contributed by atoms with Gasteiger partial charge >= 0.3 is 0 Å². The number of amides is 1. The standard InChI is InChI=1S/C20H20ClN3O2/c1-14-7-9-17(10-8-14)26-13-19(25)23-20-15(2)11-22-24(20)12-16-5-3-4-6-18(16)21/h3-11H,12-13H2,1-2H3,(H,23,25). The van der Waals surface area contributed by atoms with Crippen molar-refractivity contribution in [2.24, 2.45) is 0 Å². The molecule has 1 heterocycles. The molecule has 134 valence electrons. The van der Waals surface area contributed by atoms with Gasteiger partial charge in [0.2, 0.25) is 0 Å². The van der Waals surface area contributed by atoms with Crippen LogP contribution in [0.3, 0.4) is 0 Å². The first-order valence-corrected chi connectivity index (χ1v) is 8.66. The molecule has 0 aliphatic carbocycles. The number of nitrogens with one attached hydrogen (secondary N) is 1. The highest BCUT2D eigenvalue weighted by atomic mass is 35.5. The van der Waals surface area contributed by atoms with Gasteiger partial charge in [-0.25, -0.2) is 4.68 Å². The quantitative estimate of drug-likeness (QED) is 0.707. The maximum absolute atomic E-state index is 12.3. The Balaban J connectivity index is 1.65. The van der Waals surface area contributed by atoms with E-state index in [0.717, 1.165) is 16.7 Å². The second kappa shape index (κ2) is 8.06. The number of hydrogen-bond acceptors (Lipinski definition) is 3. The molecule has 0 saturated heterocycles. The molecular weight excluding hydrogens is 350 g/mol. The first-order chi connectivity index (χ1) is 12.5. The van der Waals surface area contributed by atoms with Crippen LogP contribution in [0.15, 0.2) is 54.7 Å². The van der Waals surface area contributed by atoms with E-state index in [-0.39, 0.29) is 12.5 Å². The van der Waals surface area contributed by atoms with Crippen LogP contribution in [0.4, 0.5) is 5.82 Å². The average Bonchev–Trinajstić information content (AvgIpc) is 2.96. The summed E-state index contributed by atoms with van der Waals surface area (Å²) < 4.78 is 7.25. The van der Waals surface area contributed by atoms with Gasteiger partial charge in [-0.1, -0.05) is 47.5 Å². The SMILES string of the molecule is Cc1ccc(OCC(=O)Nc2c(C)cnn2Cc2ccccc2Cl)cc1. The predicted molar refractivity (Wildman–Crippen MR) is 103 cm³/mol. The van der Waals surface area contributed by atoms with E-state index in [9.17, 15) is 4.79 Å². The van der Waals surface area contributed by atoms with Crippen molar-refractivity contribution < 1.29 is 9.53 Å². The summed E-state index contributed by atoms with van der Waals surface area (Å²) in [6, 6.07) is 15.1. The molecule has 0 aliphatic rings. The number of carbonyl (C=O) groups excluding carboxylic acids is 1. The number of rotatable bonds is 6. The normalized spacial score (nSPS) is 10.6. The topological polar surface area (TPSA) is 56.1 Å². The van der Waals surface area contributed by atoms with Crippen LogP contribution in [0, 0.1) is 13.8 Å². The van der Waals surface area contributed by atoms with Gasteiger partial charge in [0.1, 0.15) is 11.6 Å². The van der Waals surface area contributed by atoms with Crippen LogP contribution in [0.1, 0.15) is 16.7 Å². The number of aryl methyl sites for hydroxylation is 2. The number of halogens is 1. The summed E-state index contributed by atoms with van der Waals surface area (Å²) in [5.41, 5.74) is 2.95. The van der Waals surface area contributed by atoms with E-state index in [2.05, 4.69) is 10.4 Å². The number of benzene rings is 2. The molecule has 3 aromatic rings. The molecule has 0 spiro atoms. The van der Waals surface area contributed by atoms with E-state index in [0.29, 0.717) is 23.1 Å². The van der Waals surface area contributed by atoms with Crippen molar-refractivity contribution in [1.29, 1.82) is 0 Å². The van der Waals surface area contributed by atoms with Crippen LogP contribution >= 0.6 is 11.6 Å². The Morgan fingerprint density at radius 3 is 2.62 bits per heavy atom. The van der Waals surface area contributed by atoms with Crippen molar-refractivity contribution in [3.8, 4) is 5.75 Å². The second-order valence-electron chi connectivity index (χ2n) is 6.08. The first-order valence-electron chi connectivity index (χ1n) is 8.28. The Labute approximate surface area is 157 Å². The first kappa shape index (κ1) is 18.0. The summed E-state index contributed by atoms with van der Waals surface area (Å²) in [6.45, 7) is 4.30. The van der Waals surface area contributed by atoms with Crippen LogP contribution < -0.4 is 10.1 Å². The zero-order chi connectivity index (χ0) is 18.5. The van der Waals surface area contributed by atoms with Crippen molar-refractivity contribution in [1.82, 2.24) is 9.78 Å². The van der Waals surface area contributed by atoms with Crippen LogP contribution in [-0.2, 0) is 11.3 Å². The molecule has 0 bridgehead atoms. The van der Waals surface area contributed by atoms with E-state index in [1.54, 1.807) is 10.9 Å². The van der Waals surface area contributed by atoms with Crippen LogP contribution in [0.2, 0.25) is 5.02 Å². The lowest BCUT2D eigenvalue weighted by atomic mass is 10.2. The van der Waals surface area contributed by atoms with Crippen molar-refractivity contribution >= 4 is 23.3 Å². The third kappa shape index (κ3) is 4.43. The maximum atomic E-state index is 12.3. The minimum atomic E-state index is -0.241. The second-order valence-corrected chi connectivity index (χ2v) is 6.48. The Bertz CT molecular complexity index is 904. The van der Waals surface area contributed by atoms with Gasteiger partial charge in [0.15, 0.2) is 6.61 Å². The molecule has 5 nitrogen and oxygen atoms in total. The zero-order valence-electron chi connectivity index (χ0n) is 14.7. The molecule has 0 unspecified atom stereocenters. The van der Waals surface area contributed by atoms with Crippen LogP contribution in [0.25, 0.3) is 0 Å². The number of hydrogen-bond donors (Lipinski definition) is 1. The molecule has 2 aromatic carbocycles. The fraction of sp³-hybridized carbons (Fsp3) is 0.200. The number of aromatic nitrogens is 2. The Hall–Kier alpha value is -2.79. The van der Waals surface area contributed by atoms with E-state index >= 15 is 0 Å². The summed E-state index contributed by atoms with van der Waals surface area (Å²) in [6.07, 6.45) is 1.72. The summed E-state index contributed by atoms with van der Waals surface area (Å²) in [4.78, 5) is 12.3. The smallest absolute Gasteiger partial charge is 0.263 e. The fourth-order valence-electron chi connectivity index (χ4n) is 2.50. The maximum Gasteiger partial charge on any atom is 0.263 e. The van der Waals surface area contributed by atoms with Gasteiger partial charge in [-0.15, -0.1) is 0 Å². The van der Waals surface area contributed by atoms with E-state index < -0.39 is 0 Å². The molecule has 0 fully saturated rings. The number of anilines is 1. The molecular formula is C20H20ClN3O2. The molecule has 0 radical (unpaired) electrons. The third-order valence-corrected chi connectivity index (χ3v) is 4.32. The Kier molecular flexibility index (Phi) is 5.58. The minimum absolute atomic E-state index is 0.0697. The summed E-state index contributed by atoms with van der Waals surface area (Å²) in [7, 11) is 0. The van der Waals surface area contributed by atoms with Gasteiger partial charge in [-0.05, 0) is 37.6 Å². The summed E-state index contributed by atoms with van der Waals surface area (Å²) in [5.74, 6) is 1.06. The highest BCUT2D eigenvalue weighted by Crippen LogP contribution is 2.20. The molecule has 0 aliphatic heterocycles. The summed E-state index contributed by atoms with van der Waals surface area (Å²) in [5, 5.41) is 7.88.